The Kier molecular flexibility index (Phi) is 4.52. The zero-order chi connectivity index (χ0) is 16.4. The van der Waals surface area contributed by atoms with E-state index in [1.165, 1.54) is 21.3 Å². The van der Waals surface area contributed by atoms with Crippen LogP contribution in [0.2, 0.25) is 0 Å². The van der Waals surface area contributed by atoms with Crippen LogP contribution in [0, 0.1) is 0 Å². The Labute approximate surface area is 136 Å². The molecule has 0 spiro atoms. The molecular formula is C17H22NO4P. The molecule has 6 heteroatoms. The van der Waals surface area contributed by atoms with Crippen LogP contribution in [0.3, 0.4) is 0 Å². The van der Waals surface area contributed by atoms with E-state index in [4.69, 9.17) is 18.1 Å². The van der Waals surface area contributed by atoms with Crippen LogP contribution in [0.4, 0.5) is 0 Å². The first kappa shape index (κ1) is 16.5. The van der Waals surface area contributed by atoms with Crippen molar-refractivity contribution in [3.63, 3.8) is 0 Å². The van der Waals surface area contributed by atoms with E-state index in [0.29, 0.717) is 0 Å². The first-order chi connectivity index (χ1) is 11.2. The molecule has 2 atom stereocenters. The number of nitrogens with one attached hydrogen (secondary N) is 1. The summed E-state index contributed by atoms with van der Waals surface area (Å²) in [5, 5.41) is 3.37. The van der Waals surface area contributed by atoms with Gasteiger partial charge in [0.25, 0.3) is 0 Å². The Bertz CT molecular complexity index is 586. The molecule has 0 aromatic heterocycles. The second kappa shape index (κ2) is 6.29. The Morgan fingerprint density at radius 1 is 0.783 bits per heavy atom. The van der Waals surface area contributed by atoms with Crippen molar-refractivity contribution in [2.75, 3.05) is 21.3 Å². The molecule has 0 amide bonds. The standard InChI is InChI=1S/C17H22NO4P/c1-19-23(20-2,21-3)18-16(14-10-6-4-7-11-14)17(22-23)15-12-8-5-9-13-15/h4-13,16-18H,1-3H3/t16-,17-/m1/s1. The third kappa shape index (κ3) is 2.81. The molecule has 2 aromatic rings. The second-order valence-corrected chi connectivity index (χ2v) is 8.50. The molecule has 5 nitrogen and oxygen atoms in total. The van der Waals surface area contributed by atoms with Crippen molar-refractivity contribution >= 4 is 7.66 Å². The summed E-state index contributed by atoms with van der Waals surface area (Å²) >= 11 is 0. The van der Waals surface area contributed by atoms with Crippen LogP contribution in [0.5, 0.6) is 0 Å². The van der Waals surface area contributed by atoms with E-state index in [1.54, 1.807) is 0 Å². The molecule has 0 aliphatic carbocycles. The van der Waals surface area contributed by atoms with E-state index in [1.807, 2.05) is 48.5 Å². The van der Waals surface area contributed by atoms with Gasteiger partial charge in [0.2, 0.25) is 0 Å². The fourth-order valence-electron chi connectivity index (χ4n) is 2.90. The van der Waals surface area contributed by atoms with Crippen LogP contribution in [0.15, 0.2) is 60.7 Å². The Balaban J connectivity index is 2.08. The molecule has 0 saturated carbocycles. The predicted octanol–water partition coefficient (Wildman–Crippen LogP) is 4.16. The molecule has 23 heavy (non-hydrogen) atoms. The SMILES string of the molecule is COP1(OC)(OC)N[C@H](c2ccccc2)[C@@H](c2ccccc2)O1. The van der Waals surface area contributed by atoms with Gasteiger partial charge >= 0.3 is 136 Å². The van der Waals surface area contributed by atoms with Crippen molar-refractivity contribution < 1.29 is 18.1 Å². The predicted molar refractivity (Wildman–Crippen MR) is 90.5 cm³/mol. The van der Waals surface area contributed by atoms with Crippen molar-refractivity contribution in [1.29, 1.82) is 0 Å². The van der Waals surface area contributed by atoms with Crippen molar-refractivity contribution in [3.8, 4) is 0 Å². The maximum atomic E-state index is 6.29. The monoisotopic (exact) mass is 335 g/mol. The molecule has 3 rings (SSSR count). The van der Waals surface area contributed by atoms with Crippen LogP contribution in [-0.2, 0) is 18.1 Å². The van der Waals surface area contributed by atoms with Gasteiger partial charge < -0.3 is 0 Å². The van der Waals surface area contributed by atoms with Gasteiger partial charge in [-0.2, -0.15) is 0 Å². The third-order valence-electron chi connectivity index (χ3n) is 4.18. The third-order valence-corrected chi connectivity index (χ3v) is 7.36. The summed E-state index contributed by atoms with van der Waals surface area (Å²) < 4.78 is 23.2. The number of rotatable bonds is 5. The quantitative estimate of drug-likeness (QED) is 0.832. The van der Waals surface area contributed by atoms with Gasteiger partial charge in [-0.15, -0.1) is 0 Å². The molecule has 1 aliphatic rings. The van der Waals surface area contributed by atoms with E-state index in [0.717, 1.165) is 11.1 Å². The molecule has 1 aliphatic heterocycles. The Morgan fingerprint density at radius 3 is 1.74 bits per heavy atom. The van der Waals surface area contributed by atoms with Crippen LogP contribution >= 0.6 is 7.66 Å². The average molecular weight is 335 g/mol. The second-order valence-electron chi connectivity index (χ2n) is 5.31. The molecule has 0 unspecified atom stereocenters. The molecule has 1 fully saturated rings. The minimum atomic E-state index is -3.83. The van der Waals surface area contributed by atoms with Gasteiger partial charge in [-0.1, -0.05) is 0 Å². The van der Waals surface area contributed by atoms with Crippen molar-refractivity contribution in [1.82, 2.24) is 5.09 Å². The molecule has 0 radical (unpaired) electrons. The fraction of sp³-hybridized carbons (Fsp3) is 0.294. The molecule has 1 saturated heterocycles. The van der Waals surface area contributed by atoms with Crippen molar-refractivity contribution in [2.24, 2.45) is 0 Å². The maximum absolute atomic E-state index is 6.29. The van der Waals surface area contributed by atoms with E-state index < -0.39 is 7.66 Å². The minimum absolute atomic E-state index is 0.142. The fourth-order valence-corrected chi connectivity index (χ4v) is 5.35. The summed E-state index contributed by atoms with van der Waals surface area (Å²) in [6.07, 6.45) is -0.281. The van der Waals surface area contributed by atoms with Gasteiger partial charge in [0.1, 0.15) is 0 Å². The van der Waals surface area contributed by atoms with Gasteiger partial charge in [0.05, 0.1) is 0 Å². The Morgan fingerprint density at radius 2 is 1.26 bits per heavy atom. The van der Waals surface area contributed by atoms with Gasteiger partial charge in [-0.3, -0.25) is 0 Å². The van der Waals surface area contributed by atoms with Crippen LogP contribution in [0.1, 0.15) is 23.3 Å². The molecule has 0 bridgehead atoms. The van der Waals surface area contributed by atoms with E-state index >= 15 is 0 Å². The normalized spacial score (nSPS) is 27.2. The van der Waals surface area contributed by atoms with Crippen LogP contribution in [0.25, 0.3) is 0 Å². The van der Waals surface area contributed by atoms with Gasteiger partial charge in [-0.25, -0.2) is 0 Å². The molecule has 1 N–H and O–H groups in total. The van der Waals surface area contributed by atoms with Crippen molar-refractivity contribution in [2.45, 2.75) is 12.1 Å². The van der Waals surface area contributed by atoms with Crippen molar-refractivity contribution in [3.05, 3.63) is 71.8 Å². The Hall–Kier alpha value is -1.33. The zero-order valence-corrected chi connectivity index (χ0v) is 14.4. The first-order valence-corrected chi connectivity index (χ1v) is 9.34. The van der Waals surface area contributed by atoms with Gasteiger partial charge in [0.15, 0.2) is 0 Å². The summed E-state index contributed by atoms with van der Waals surface area (Å²) in [5.74, 6) is 0. The summed E-state index contributed by atoms with van der Waals surface area (Å²) in [4.78, 5) is 0. The topological polar surface area (TPSA) is 49.0 Å². The molecular weight excluding hydrogens is 313 g/mol. The first-order valence-electron chi connectivity index (χ1n) is 7.44. The van der Waals surface area contributed by atoms with Crippen LogP contribution in [-0.4, -0.2) is 21.3 Å². The molecule has 2 aromatic carbocycles. The number of hydrogen-bond donors (Lipinski definition) is 1. The zero-order valence-electron chi connectivity index (χ0n) is 13.5. The van der Waals surface area contributed by atoms with Crippen LogP contribution < -0.4 is 5.09 Å². The van der Waals surface area contributed by atoms with E-state index in [2.05, 4.69) is 17.2 Å². The van der Waals surface area contributed by atoms with Gasteiger partial charge in [-0.05, 0) is 0 Å². The average Bonchev–Trinajstić information content (AvgIpc) is 3.01. The number of hydrogen-bond acceptors (Lipinski definition) is 5. The summed E-state index contributed by atoms with van der Waals surface area (Å²) in [5.41, 5.74) is 2.12. The van der Waals surface area contributed by atoms with Gasteiger partial charge in [0, 0.05) is 0 Å². The number of benzene rings is 2. The summed E-state index contributed by atoms with van der Waals surface area (Å²) in [6, 6.07) is 19.9. The van der Waals surface area contributed by atoms with E-state index in [-0.39, 0.29) is 12.1 Å². The molecule has 1 heterocycles. The molecule has 124 valence electrons. The summed E-state index contributed by atoms with van der Waals surface area (Å²) in [6.45, 7) is 0. The summed E-state index contributed by atoms with van der Waals surface area (Å²) in [7, 11) is 0.774. The van der Waals surface area contributed by atoms with E-state index in [9.17, 15) is 0 Å².